The molecule has 4 heteroatoms. The summed E-state index contributed by atoms with van der Waals surface area (Å²) in [5.74, 6) is -0.693. The second kappa shape index (κ2) is 6.13. The van der Waals surface area contributed by atoms with Crippen LogP contribution in [0, 0.1) is 11.6 Å². The van der Waals surface area contributed by atoms with Crippen molar-refractivity contribution in [3.8, 4) is 0 Å². The molecule has 2 aromatic carbocycles. The lowest BCUT2D eigenvalue weighted by Crippen LogP contribution is -2.22. The summed E-state index contributed by atoms with van der Waals surface area (Å²) in [5.41, 5.74) is 1.49. The molecular formula is C15H14ClF2N. The topological polar surface area (TPSA) is 12.0 Å². The molecule has 1 atom stereocenters. The Morgan fingerprint density at radius 2 is 1.84 bits per heavy atom. The van der Waals surface area contributed by atoms with Gasteiger partial charge in [0.2, 0.25) is 0 Å². The van der Waals surface area contributed by atoms with Crippen molar-refractivity contribution in [3.05, 3.63) is 70.2 Å². The van der Waals surface area contributed by atoms with Gasteiger partial charge in [0.25, 0.3) is 0 Å². The number of benzene rings is 2. The fourth-order valence-electron chi connectivity index (χ4n) is 2.03. The van der Waals surface area contributed by atoms with E-state index in [9.17, 15) is 8.78 Å². The Labute approximate surface area is 116 Å². The molecule has 1 N–H and O–H groups in total. The van der Waals surface area contributed by atoms with Crippen LogP contribution in [0.15, 0.2) is 42.5 Å². The van der Waals surface area contributed by atoms with Crippen molar-refractivity contribution in [2.45, 2.75) is 13.0 Å². The molecule has 2 aromatic rings. The average Bonchev–Trinajstić information content (AvgIpc) is 2.37. The molecule has 0 fully saturated rings. The average molecular weight is 282 g/mol. The van der Waals surface area contributed by atoms with Gasteiger partial charge in [0.1, 0.15) is 11.6 Å². The predicted molar refractivity (Wildman–Crippen MR) is 73.3 cm³/mol. The first kappa shape index (κ1) is 14.0. The van der Waals surface area contributed by atoms with Crippen molar-refractivity contribution in [2.75, 3.05) is 6.54 Å². The number of nitrogens with one attached hydrogen (secondary N) is 1. The van der Waals surface area contributed by atoms with Crippen LogP contribution in [0.3, 0.4) is 0 Å². The van der Waals surface area contributed by atoms with Gasteiger partial charge >= 0.3 is 0 Å². The summed E-state index contributed by atoms with van der Waals surface area (Å²) in [6, 6.07) is 10.3. The molecule has 0 bridgehead atoms. The van der Waals surface area contributed by atoms with Crippen LogP contribution in [-0.2, 0) is 0 Å². The zero-order valence-electron chi connectivity index (χ0n) is 10.5. The van der Waals surface area contributed by atoms with Crippen LogP contribution in [0.2, 0.25) is 5.02 Å². The lowest BCUT2D eigenvalue weighted by molar-refractivity contribution is 0.599. The van der Waals surface area contributed by atoms with Crippen molar-refractivity contribution in [1.82, 2.24) is 5.32 Å². The van der Waals surface area contributed by atoms with Crippen LogP contribution < -0.4 is 5.32 Å². The Morgan fingerprint density at radius 1 is 1.11 bits per heavy atom. The predicted octanol–water partition coefficient (Wildman–Crippen LogP) is 4.32. The largest absolute Gasteiger partial charge is 0.306 e. The number of hydrogen-bond acceptors (Lipinski definition) is 1. The second-order valence-corrected chi connectivity index (χ2v) is 4.62. The van der Waals surface area contributed by atoms with Gasteiger partial charge in [0, 0.05) is 5.02 Å². The van der Waals surface area contributed by atoms with Gasteiger partial charge in [-0.3, -0.25) is 0 Å². The Kier molecular flexibility index (Phi) is 4.51. The van der Waals surface area contributed by atoms with Crippen LogP contribution in [0.25, 0.3) is 0 Å². The summed E-state index contributed by atoms with van der Waals surface area (Å²) in [4.78, 5) is 0. The summed E-state index contributed by atoms with van der Waals surface area (Å²) in [6.45, 7) is 2.64. The molecule has 0 aliphatic carbocycles. The monoisotopic (exact) mass is 281 g/mol. The summed E-state index contributed by atoms with van der Waals surface area (Å²) in [6.07, 6.45) is 0. The highest BCUT2D eigenvalue weighted by Gasteiger charge is 2.16. The third-order valence-corrected chi connectivity index (χ3v) is 3.19. The molecule has 0 radical (unpaired) electrons. The van der Waals surface area contributed by atoms with E-state index in [0.717, 1.165) is 11.1 Å². The summed E-state index contributed by atoms with van der Waals surface area (Å²) >= 11 is 6.08. The third kappa shape index (κ3) is 3.31. The first-order valence-electron chi connectivity index (χ1n) is 6.05. The zero-order valence-corrected chi connectivity index (χ0v) is 11.2. The summed E-state index contributed by atoms with van der Waals surface area (Å²) < 4.78 is 26.4. The standard InChI is InChI=1S/C15H14ClF2N/c1-2-19-15(10-4-3-5-11(17)8-10)13-7-6-12(18)9-14(13)16/h3-9,15,19H,2H2,1H3. The van der Waals surface area contributed by atoms with Gasteiger partial charge in [-0.15, -0.1) is 0 Å². The van der Waals surface area contributed by atoms with Gasteiger partial charge in [-0.05, 0) is 41.9 Å². The molecule has 1 unspecified atom stereocenters. The highest BCUT2D eigenvalue weighted by atomic mass is 35.5. The molecule has 100 valence electrons. The van der Waals surface area contributed by atoms with Crippen LogP contribution in [0.1, 0.15) is 24.1 Å². The third-order valence-electron chi connectivity index (χ3n) is 2.86. The fraction of sp³-hybridized carbons (Fsp3) is 0.200. The molecule has 0 amide bonds. The van der Waals surface area contributed by atoms with E-state index < -0.39 is 0 Å². The molecule has 19 heavy (non-hydrogen) atoms. The maximum atomic E-state index is 13.3. The van der Waals surface area contributed by atoms with E-state index >= 15 is 0 Å². The highest BCUT2D eigenvalue weighted by Crippen LogP contribution is 2.29. The summed E-state index contributed by atoms with van der Waals surface area (Å²) in [5, 5.41) is 3.56. The van der Waals surface area contributed by atoms with Crippen molar-refractivity contribution in [2.24, 2.45) is 0 Å². The van der Waals surface area contributed by atoms with E-state index in [1.807, 2.05) is 13.0 Å². The normalized spacial score (nSPS) is 12.4. The molecule has 0 heterocycles. The van der Waals surface area contributed by atoms with E-state index in [2.05, 4.69) is 5.32 Å². The molecule has 0 saturated heterocycles. The Hall–Kier alpha value is -1.45. The Balaban J connectivity index is 2.45. The summed E-state index contributed by atoms with van der Waals surface area (Å²) in [7, 11) is 0. The van der Waals surface area contributed by atoms with Gasteiger partial charge < -0.3 is 5.32 Å². The van der Waals surface area contributed by atoms with Crippen molar-refractivity contribution < 1.29 is 8.78 Å². The molecule has 0 aromatic heterocycles. The van der Waals surface area contributed by atoms with E-state index in [1.54, 1.807) is 12.1 Å². The lowest BCUT2D eigenvalue weighted by atomic mass is 9.98. The highest BCUT2D eigenvalue weighted by molar-refractivity contribution is 6.31. The maximum Gasteiger partial charge on any atom is 0.124 e. The van der Waals surface area contributed by atoms with E-state index in [4.69, 9.17) is 11.6 Å². The zero-order chi connectivity index (χ0) is 13.8. The minimum atomic E-state index is -0.386. The van der Waals surface area contributed by atoms with Crippen molar-refractivity contribution in [3.63, 3.8) is 0 Å². The molecule has 0 spiro atoms. The Morgan fingerprint density at radius 3 is 2.47 bits per heavy atom. The second-order valence-electron chi connectivity index (χ2n) is 4.21. The molecule has 0 aliphatic rings. The molecule has 0 aliphatic heterocycles. The molecular weight excluding hydrogens is 268 g/mol. The quantitative estimate of drug-likeness (QED) is 0.880. The SMILES string of the molecule is CCNC(c1cccc(F)c1)c1ccc(F)cc1Cl. The smallest absolute Gasteiger partial charge is 0.124 e. The van der Waals surface area contributed by atoms with Crippen LogP contribution in [0.4, 0.5) is 8.78 Å². The number of halogens is 3. The van der Waals surface area contributed by atoms with Gasteiger partial charge in [0.05, 0.1) is 6.04 Å². The first-order chi connectivity index (χ1) is 9.11. The lowest BCUT2D eigenvalue weighted by Gasteiger charge is -2.20. The molecule has 2 rings (SSSR count). The van der Waals surface area contributed by atoms with Crippen LogP contribution in [0.5, 0.6) is 0 Å². The fourth-order valence-corrected chi connectivity index (χ4v) is 2.31. The van der Waals surface area contributed by atoms with Crippen LogP contribution >= 0.6 is 11.6 Å². The molecule has 1 nitrogen and oxygen atoms in total. The number of rotatable bonds is 4. The minimum absolute atomic E-state index is 0.256. The van der Waals surface area contributed by atoms with Crippen molar-refractivity contribution in [1.29, 1.82) is 0 Å². The van der Waals surface area contributed by atoms with Crippen LogP contribution in [-0.4, -0.2) is 6.54 Å². The molecule has 0 saturated carbocycles. The van der Waals surface area contributed by atoms with Gasteiger partial charge in [-0.25, -0.2) is 8.78 Å². The Bertz CT molecular complexity index is 572. The van der Waals surface area contributed by atoms with Crippen molar-refractivity contribution >= 4 is 11.6 Å². The van der Waals surface area contributed by atoms with Gasteiger partial charge in [-0.1, -0.05) is 36.7 Å². The first-order valence-corrected chi connectivity index (χ1v) is 6.43. The van der Waals surface area contributed by atoms with E-state index in [0.29, 0.717) is 11.6 Å². The maximum absolute atomic E-state index is 13.3. The van der Waals surface area contributed by atoms with Gasteiger partial charge in [0.15, 0.2) is 0 Å². The van der Waals surface area contributed by atoms with Gasteiger partial charge in [-0.2, -0.15) is 0 Å². The van der Waals surface area contributed by atoms with E-state index in [1.165, 1.54) is 24.3 Å². The van der Waals surface area contributed by atoms with E-state index in [-0.39, 0.29) is 17.7 Å². The number of hydrogen-bond donors (Lipinski definition) is 1. The minimum Gasteiger partial charge on any atom is -0.306 e.